The zero-order valence-corrected chi connectivity index (χ0v) is 15.6. The Bertz CT molecular complexity index is 471. The van der Waals surface area contributed by atoms with Gasteiger partial charge in [0, 0.05) is 16.9 Å². The number of aryl methyl sites for hydroxylation is 1. The number of benzene rings is 1. The third-order valence-corrected chi connectivity index (χ3v) is 5.97. The molecule has 24 heavy (non-hydrogen) atoms. The smallest absolute Gasteiger partial charge is 0.160 e. The SMILES string of the molecule is CCCC1COC(C2CCC(CCc3ccc(Cl)cc3)CC2)OC1. The van der Waals surface area contributed by atoms with Crippen LogP contribution in [0.2, 0.25) is 5.02 Å². The largest absolute Gasteiger partial charge is 0.352 e. The summed E-state index contributed by atoms with van der Waals surface area (Å²) < 4.78 is 12.0. The van der Waals surface area contributed by atoms with E-state index in [2.05, 4.69) is 19.1 Å². The quantitative estimate of drug-likeness (QED) is 0.638. The lowest BCUT2D eigenvalue weighted by Crippen LogP contribution is -2.38. The van der Waals surface area contributed by atoms with Gasteiger partial charge in [-0.05, 0) is 68.6 Å². The zero-order valence-electron chi connectivity index (χ0n) is 14.9. The van der Waals surface area contributed by atoms with Crippen LogP contribution in [0.4, 0.5) is 0 Å². The Morgan fingerprint density at radius 1 is 0.917 bits per heavy atom. The molecule has 0 N–H and O–H groups in total. The van der Waals surface area contributed by atoms with E-state index in [4.69, 9.17) is 21.1 Å². The van der Waals surface area contributed by atoms with Gasteiger partial charge in [-0.25, -0.2) is 0 Å². The maximum Gasteiger partial charge on any atom is 0.160 e. The molecule has 2 nitrogen and oxygen atoms in total. The van der Waals surface area contributed by atoms with Crippen molar-refractivity contribution in [2.75, 3.05) is 13.2 Å². The first-order valence-corrected chi connectivity index (χ1v) is 10.1. The molecule has 3 heteroatoms. The van der Waals surface area contributed by atoms with E-state index in [1.807, 2.05) is 12.1 Å². The van der Waals surface area contributed by atoms with Crippen LogP contribution >= 0.6 is 11.6 Å². The fourth-order valence-corrected chi connectivity index (χ4v) is 4.30. The van der Waals surface area contributed by atoms with Gasteiger partial charge in [0.2, 0.25) is 0 Å². The van der Waals surface area contributed by atoms with Gasteiger partial charge in [0.1, 0.15) is 0 Å². The molecule has 1 heterocycles. The van der Waals surface area contributed by atoms with E-state index in [1.165, 1.54) is 56.9 Å². The molecule has 0 atom stereocenters. The summed E-state index contributed by atoms with van der Waals surface area (Å²) in [6.07, 6.45) is 10.1. The van der Waals surface area contributed by atoms with Crippen LogP contribution in [0, 0.1) is 17.8 Å². The summed E-state index contributed by atoms with van der Waals surface area (Å²) in [7, 11) is 0. The van der Waals surface area contributed by atoms with E-state index in [9.17, 15) is 0 Å². The Balaban J connectivity index is 1.36. The summed E-state index contributed by atoms with van der Waals surface area (Å²) in [6, 6.07) is 8.31. The highest BCUT2D eigenvalue weighted by Crippen LogP contribution is 2.36. The van der Waals surface area contributed by atoms with Gasteiger partial charge >= 0.3 is 0 Å². The molecule has 134 valence electrons. The molecule has 2 aliphatic rings. The minimum Gasteiger partial charge on any atom is -0.352 e. The average molecular weight is 351 g/mol. The van der Waals surface area contributed by atoms with Crippen molar-refractivity contribution < 1.29 is 9.47 Å². The standard InChI is InChI=1S/C21H31ClO2/c1-2-3-18-14-23-21(24-15-18)19-10-6-16(7-11-19)4-5-17-8-12-20(22)13-9-17/h8-9,12-13,16,18-19,21H,2-7,10-11,14-15H2,1H3. The molecule has 1 aromatic rings. The molecule has 0 amide bonds. The average Bonchev–Trinajstić information content (AvgIpc) is 2.63. The van der Waals surface area contributed by atoms with Crippen LogP contribution in [-0.2, 0) is 15.9 Å². The molecule has 1 aliphatic heterocycles. The van der Waals surface area contributed by atoms with Crippen LogP contribution in [0.1, 0.15) is 57.4 Å². The Labute approximate surface area is 151 Å². The minimum absolute atomic E-state index is 0.0651. The molecular weight excluding hydrogens is 320 g/mol. The Morgan fingerprint density at radius 3 is 2.21 bits per heavy atom. The lowest BCUT2D eigenvalue weighted by Gasteiger charge is -2.37. The maximum atomic E-state index is 6.02. The van der Waals surface area contributed by atoms with Gasteiger partial charge < -0.3 is 9.47 Å². The fourth-order valence-electron chi connectivity index (χ4n) is 4.18. The Kier molecular flexibility index (Phi) is 7.00. The second kappa shape index (κ2) is 9.22. The van der Waals surface area contributed by atoms with Crippen molar-refractivity contribution >= 4 is 11.6 Å². The summed E-state index contributed by atoms with van der Waals surface area (Å²) in [5, 5.41) is 0.827. The van der Waals surface area contributed by atoms with Gasteiger partial charge in [0.15, 0.2) is 6.29 Å². The molecule has 0 unspecified atom stereocenters. The first kappa shape index (κ1) is 18.2. The number of halogens is 1. The molecule has 3 rings (SSSR count). The van der Waals surface area contributed by atoms with E-state index >= 15 is 0 Å². The number of rotatable bonds is 6. The highest BCUT2D eigenvalue weighted by Gasteiger charge is 2.32. The van der Waals surface area contributed by atoms with Gasteiger partial charge in [-0.1, -0.05) is 37.1 Å². The fraction of sp³-hybridized carbons (Fsp3) is 0.714. The molecule has 0 bridgehead atoms. The number of hydrogen-bond acceptors (Lipinski definition) is 2. The van der Waals surface area contributed by atoms with Crippen LogP contribution in [-0.4, -0.2) is 19.5 Å². The normalized spacial score (nSPS) is 31.1. The van der Waals surface area contributed by atoms with Gasteiger partial charge in [0.05, 0.1) is 13.2 Å². The van der Waals surface area contributed by atoms with Gasteiger partial charge in [-0.2, -0.15) is 0 Å². The molecule has 1 aromatic carbocycles. The lowest BCUT2D eigenvalue weighted by atomic mass is 9.79. The topological polar surface area (TPSA) is 18.5 Å². The molecule has 1 saturated carbocycles. The Hall–Kier alpha value is -0.570. The summed E-state index contributed by atoms with van der Waals surface area (Å²) in [4.78, 5) is 0. The highest BCUT2D eigenvalue weighted by molar-refractivity contribution is 6.30. The monoisotopic (exact) mass is 350 g/mol. The molecule has 1 aliphatic carbocycles. The predicted molar refractivity (Wildman–Crippen MR) is 99.3 cm³/mol. The second-order valence-electron chi connectivity index (χ2n) is 7.64. The predicted octanol–water partition coefficient (Wildman–Crippen LogP) is 5.87. The number of hydrogen-bond donors (Lipinski definition) is 0. The van der Waals surface area contributed by atoms with Crippen LogP contribution < -0.4 is 0 Å². The maximum absolute atomic E-state index is 6.02. The molecule has 0 spiro atoms. The van der Waals surface area contributed by atoms with Crippen LogP contribution in [0.15, 0.2) is 24.3 Å². The van der Waals surface area contributed by atoms with Crippen molar-refractivity contribution in [3.05, 3.63) is 34.9 Å². The third kappa shape index (κ3) is 5.21. The molecule has 2 fully saturated rings. The zero-order chi connectivity index (χ0) is 16.8. The number of ether oxygens (including phenoxy) is 2. The Morgan fingerprint density at radius 2 is 1.58 bits per heavy atom. The van der Waals surface area contributed by atoms with E-state index in [0.717, 1.165) is 24.2 Å². The van der Waals surface area contributed by atoms with Crippen LogP contribution in [0.3, 0.4) is 0 Å². The van der Waals surface area contributed by atoms with Crippen LogP contribution in [0.5, 0.6) is 0 Å². The van der Waals surface area contributed by atoms with E-state index in [-0.39, 0.29) is 6.29 Å². The van der Waals surface area contributed by atoms with Crippen molar-refractivity contribution in [1.29, 1.82) is 0 Å². The van der Waals surface area contributed by atoms with E-state index < -0.39 is 0 Å². The lowest BCUT2D eigenvalue weighted by molar-refractivity contribution is -0.230. The van der Waals surface area contributed by atoms with Crippen molar-refractivity contribution in [1.82, 2.24) is 0 Å². The first-order chi connectivity index (χ1) is 11.7. The van der Waals surface area contributed by atoms with Gasteiger partial charge in [-0.3, -0.25) is 0 Å². The summed E-state index contributed by atoms with van der Waals surface area (Å²) in [5.41, 5.74) is 1.41. The molecule has 0 radical (unpaired) electrons. The van der Waals surface area contributed by atoms with Crippen LogP contribution in [0.25, 0.3) is 0 Å². The molecular formula is C21H31ClO2. The van der Waals surface area contributed by atoms with E-state index in [0.29, 0.717) is 11.8 Å². The van der Waals surface area contributed by atoms with Crippen molar-refractivity contribution in [2.24, 2.45) is 17.8 Å². The van der Waals surface area contributed by atoms with Crippen molar-refractivity contribution in [3.8, 4) is 0 Å². The van der Waals surface area contributed by atoms with E-state index in [1.54, 1.807) is 0 Å². The summed E-state index contributed by atoms with van der Waals surface area (Å²) >= 11 is 5.95. The molecule has 1 saturated heterocycles. The minimum atomic E-state index is 0.0651. The van der Waals surface area contributed by atoms with Gasteiger partial charge in [0.25, 0.3) is 0 Å². The van der Waals surface area contributed by atoms with Crippen molar-refractivity contribution in [3.63, 3.8) is 0 Å². The van der Waals surface area contributed by atoms with Crippen molar-refractivity contribution in [2.45, 2.75) is 64.6 Å². The second-order valence-corrected chi connectivity index (χ2v) is 8.07. The summed E-state index contributed by atoms with van der Waals surface area (Å²) in [6.45, 7) is 4.03. The molecule has 0 aromatic heterocycles. The first-order valence-electron chi connectivity index (χ1n) is 9.72. The third-order valence-electron chi connectivity index (χ3n) is 5.72. The van der Waals surface area contributed by atoms with Gasteiger partial charge in [-0.15, -0.1) is 0 Å². The highest BCUT2D eigenvalue weighted by atomic mass is 35.5. The summed E-state index contributed by atoms with van der Waals surface area (Å²) in [5.74, 6) is 2.08.